The first-order valence-electron chi connectivity index (χ1n) is 10.4. The number of aromatic nitrogens is 1. The van der Waals surface area contributed by atoms with E-state index >= 15 is 0 Å². The van der Waals surface area contributed by atoms with E-state index < -0.39 is 0 Å². The number of nitrogens with zero attached hydrogens (tertiary/aromatic N) is 3. The first-order chi connectivity index (χ1) is 13.8. The van der Waals surface area contributed by atoms with Crippen molar-refractivity contribution in [2.75, 3.05) is 37.6 Å². The van der Waals surface area contributed by atoms with Crippen LogP contribution >= 0.6 is 0 Å². The van der Waals surface area contributed by atoms with E-state index in [1.807, 2.05) is 0 Å². The summed E-state index contributed by atoms with van der Waals surface area (Å²) in [4.78, 5) is 5.11. The van der Waals surface area contributed by atoms with Crippen LogP contribution in [0.25, 0.3) is 11.0 Å². The van der Waals surface area contributed by atoms with Gasteiger partial charge in [0.25, 0.3) is 0 Å². The molecule has 0 N–H and O–H groups in total. The highest BCUT2D eigenvalue weighted by Gasteiger charge is 2.25. The highest BCUT2D eigenvalue weighted by Crippen LogP contribution is 2.33. The van der Waals surface area contributed by atoms with E-state index in [1.165, 1.54) is 36.2 Å². The van der Waals surface area contributed by atoms with E-state index in [-0.39, 0.29) is 5.82 Å². The average Bonchev–Trinajstić information content (AvgIpc) is 3.15. The van der Waals surface area contributed by atoms with E-state index in [0.717, 1.165) is 56.6 Å². The number of fused-ring (bicyclic) bond motifs is 2. The summed E-state index contributed by atoms with van der Waals surface area (Å²) < 4.78 is 18.7. The first-order valence-corrected chi connectivity index (χ1v) is 10.4. The van der Waals surface area contributed by atoms with Gasteiger partial charge in [-0.3, -0.25) is 0 Å². The molecule has 2 aromatic carbocycles. The molecule has 1 fully saturated rings. The lowest BCUT2D eigenvalue weighted by Crippen LogP contribution is -2.41. The zero-order valence-electron chi connectivity index (χ0n) is 16.1. The Morgan fingerprint density at radius 1 is 1.04 bits per heavy atom. The van der Waals surface area contributed by atoms with E-state index in [0.29, 0.717) is 11.5 Å². The fourth-order valence-electron chi connectivity index (χ4n) is 4.76. The predicted molar refractivity (Wildman–Crippen MR) is 109 cm³/mol. The Bertz CT molecular complexity index is 961. The van der Waals surface area contributed by atoms with Crippen LogP contribution in [-0.4, -0.2) is 42.8 Å². The Morgan fingerprint density at radius 2 is 1.89 bits per heavy atom. The van der Waals surface area contributed by atoms with Gasteiger partial charge in [-0.25, -0.2) is 4.39 Å². The molecule has 0 bridgehead atoms. The molecule has 0 radical (unpaired) electrons. The third kappa shape index (κ3) is 3.39. The van der Waals surface area contributed by atoms with Crippen molar-refractivity contribution in [1.29, 1.82) is 0 Å². The molecular formula is C23H26FN3O. The summed E-state index contributed by atoms with van der Waals surface area (Å²) in [6, 6.07) is 13.6. The molecule has 1 aromatic heterocycles. The molecule has 2 aliphatic heterocycles. The number of halogens is 1. The number of para-hydroxylation sites is 1. The molecule has 0 amide bonds. The van der Waals surface area contributed by atoms with Gasteiger partial charge in [-0.2, -0.15) is 0 Å². The van der Waals surface area contributed by atoms with Crippen molar-refractivity contribution in [3.8, 4) is 0 Å². The molecule has 0 saturated carbocycles. The summed E-state index contributed by atoms with van der Waals surface area (Å²) in [5, 5.41) is 5.22. The second-order valence-corrected chi connectivity index (χ2v) is 8.04. The lowest BCUT2D eigenvalue weighted by Gasteiger charge is -2.36. The largest absolute Gasteiger partial charge is 0.370 e. The van der Waals surface area contributed by atoms with E-state index in [4.69, 9.17) is 4.52 Å². The van der Waals surface area contributed by atoms with E-state index in [9.17, 15) is 4.39 Å². The third-order valence-corrected chi connectivity index (χ3v) is 6.33. The summed E-state index contributed by atoms with van der Waals surface area (Å²) in [6.45, 7) is 5.51. The minimum absolute atomic E-state index is 0.274. The number of aryl methyl sites for hydroxylation is 1. The van der Waals surface area contributed by atoms with E-state index in [2.05, 4.69) is 39.2 Å². The van der Waals surface area contributed by atoms with Gasteiger partial charge in [-0.05, 0) is 62.5 Å². The van der Waals surface area contributed by atoms with Gasteiger partial charge in [-0.15, -0.1) is 0 Å². The van der Waals surface area contributed by atoms with Crippen molar-refractivity contribution in [1.82, 2.24) is 10.1 Å². The molecule has 146 valence electrons. The summed E-state index contributed by atoms with van der Waals surface area (Å²) in [7, 11) is 0. The van der Waals surface area contributed by atoms with Gasteiger partial charge in [0.1, 0.15) is 5.82 Å². The van der Waals surface area contributed by atoms with Crippen LogP contribution in [0.4, 0.5) is 10.1 Å². The maximum Gasteiger partial charge on any atom is 0.170 e. The Kier molecular flexibility index (Phi) is 4.77. The predicted octanol–water partition coefficient (Wildman–Crippen LogP) is 4.60. The van der Waals surface area contributed by atoms with Gasteiger partial charge >= 0.3 is 0 Å². The Balaban J connectivity index is 1.19. The normalized spacial score (nSPS) is 18.5. The zero-order chi connectivity index (χ0) is 18.9. The molecule has 0 atom stereocenters. The molecule has 5 rings (SSSR count). The Hall–Kier alpha value is -2.40. The highest BCUT2D eigenvalue weighted by molar-refractivity contribution is 5.79. The molecule has 28 heavy (non-hydrogen) atoms. The number of anilines is 1. The van der Waals surface area contributed by atoms with Crippen molar-refractivity contribution in [2.45, 2.75) is 31.6 Å². The number of hydrogen-bond donors (Lipinski definition) is 0. The van der Waals surface area contributed by atoms with Crippen LogP contribution in [0.3, 0.4) is 0 Å². The topological polar surface area (TPSA) is 32.5 Å². The second kappa shape index (κ2) is 7.55. The van der Waals surface area contributed by atoms with Crippen LogP contribution in [0.5, 0.6) is 0 Å². The van der Waals surface area contributed by atoms with Crippen molar-refractivity contribution in [3.05, 3.63) is 59.5 Å². The van der Waals surface area contributed by atoms with Gasteiger partial charge in [0.05, 0.1) is 5.69 Å². The van der Waals surface area contributed by atoms with Crippen LogP contribution in [0.1, 0.15) is 36.4 Å². The van der Waals surface area contributed by atoms with Crippen molar-refractivity contribution in [2.24, 2.45) is 0 Å². The summed E-state index contributed by atoms with van der Waals surface area (Å²) in [5.41, 5.74) is 4.47. The molecule has 0 aliphatic carbocycles. The third-order valence-electron chi connectivity index (χ3n) is 6.33. The summed E-state index contributed by atoms with van der Waals surface area (Å²) >= 11 is 0. The molecule has 3 aromatic rings. The molecule has 3 heterocycles. The number of piperidine rings is 1. The zero-order valence-corrected chi connectivity index (χ0v) is 16.1. The van der Waals surface area contributed by atoms with Gasteiger partial charge < -0.3 is 14.3 Å². The smallest absolute Gasteiger partial charge is 0.170 e. The van der Waals surface area contributed by atoms with Crippen LogP contribution < -0.4 is 4.90 Å². The lowest BCUT2D eigenvalue weighted by molar-refractivity contribution is 0.213. The molecule has 4 nitrogen and oxygen atoms in total. The van der Waals surface area contributed by atoms with Gasteiger partial charge in [0.2, 0.25) is 0 Å². The number of benzene rings is 2. The second-order valence-electron chi connectivity index (χ2n) is 8.04. The van der Waals surface area contributed by atoms with Crippen molar-refractivity contribution in [3.63, 3.8) is 0 Å². The number of hydrogen-bond acceptors (Lipinski definition) is 4. The van der Waals surface area contributed by atoms with Crippen LogP contribution in [0.2, 0.25) is 0 Å². The van der Waals surface area contributed by atoms with Crippen molar-refractivity contribution < 1.29 is 8.91 Å². The van der Waals surface area contributed by atoms with E-state index in [1.54, 1.807) is 6.07 Å². The maximum absolute atomic E-state index is 13.4. The van der Waals surface area contributed by atoms with Gasteiger partial charge in [0.15, 0.2) is 5.58 Å². The minimum atomic E-state index is -0.274. The molecule has 5 heteroatoms. The fraction of sp³-hybridized carbons (Fsp3) is 0.435. The van der Waals surface area contributed by atoms with Gasteiger partial charge in [0, 0.05) is 42.7 Å². The monoisotopic (exact) mass is 379 g/mol. The Morgan fingerprint density at radius 3 is 2.79 bits per heavy atom. The van der Waals surface area contributed by atoms with Gasteiger partial charge in [-0.1, -0.05) is 23.4 Å². The lowest BCUT2D eigenvalue weighted by atomic mass is 9.91. The summed E-state index contributed by atoms with van der Waals surface area (Å²) in [6.07, 6.45) is 4.61. The van der Waals surface area contributed by atoms with Crippen LogP contribution in [-0.2, 0) is 6.42 Å². The molecule has 0 unspecified atom stereocenters. The molecular weight excluding hydrogens is 353 g/mol. The average molecular weight is 379 g/mol. The number of likely N-dealkylation sites (tertiary alicyclic amines) is 1. The molecule has 1 saturated heterocycles. The van der Waals surface area contributed by atoms with Crippen LogP contribution in [0.15, 0.2) is 47.0 Å². The first kappa shape index (κ1) is 17.7. The SMILES string of the molecule is Fc1ccc2c(C3CCN(CCN4CCCc5ccccc54)CC3)noc2c1. The quantitative estimate of drug-likeness (QED) is 0.663. The fourth-order valence-corrected chi connectivity index (χ4v) is 4.76. The molecule has 2 aliphatic rings. The highest BCUT2D eigenvalue weighted by atomic mass is 19.1. The minimum Gasteiger partial charge on any atom is -0.370 e. The summed E-state index contributed by atoms with van der Waals surface area (Å²) in [5.74, 6) is 0.128. The standard InChI is InChI=1S/C23H26FN3O/c24-19-7-8-20-22(16-19)28-25-23(20)18-9-12-26(13-10-18)14-15-27-11-3-5-17-4-1-2-6-21(17)27/h1-2,4,6-8,16,18H,3,5,9-15H2. The Labute approximate surface area is 164 Å². The molecule has 0 spiro atoms. The van der Waals surface area contributed by atoms with Crippen LogP contribution in [0, 0.1) is 5.82 Å². The maximum atomic E-state index is 13.4. The van der Waals surface area contributed by atoms with Crippen molar-refractivity contribution >= 4 is 16.7 Å². The number of rotatable bonds is 4.